The molecule has 1 fully saturated rings. The van der Waals surface area contributed by atoms with E-state index < -0.39 is 5.97 Å². The van der Waals surface area contributed by atoms with Gasteiger partial charge in [0.15, 0.2) is 0 Å². The quantitative estimate of drug-likeness (QED) is 0.772. The standard InChI is InChI=1S/C14H16Br2N2O3/c15-9-5-6-12(11(16)7-9)17-14(21)18(8-13(19)20)10-3-1-2-4-10/h5-7,10H,1-4,8H2,(H,17,21)(H,19,20). The first-order chi connectivity index (χ1) is 9.97. The number of amides is 2. The Kier molecular flexibility index (Phi) is 5.64. The van der Waals surface area contributed by atoms with Crippen molar-refractivity contribution in [2.24, 2.45) is 0 Å². The summed E-state index contributed by atoms with van der Waals surface area (Å²) in [4.78, 5) is 24.8. The van der Waals surface area contributed by atoms with Gasteiger partial charge in [0.05, 0.1) is 5.69 Å². The average molecular weight is 420 g/mol. The zero-order valence-corrected chi connectivity index (χ0v) is 14.5. The fourth-order valence-corrected chi connectivity index (χ4v) is 3.65. The van der Waals surface area contributed by atoms with Crippen molar-refractivity contribution >= 4 is 49.5 Å². The minimum absolute atomic E-state index is 0.00956. The summed E-state index contributed by atoms with van der Waals surface area (Å²) in [6.07, 6.45) is 3.80. The second-order valence-electron chi connectivity index (χ2n) is 5.01. The van der Waals surface area contributed by atoms with E-state index in [9.17, 15) is 9.59 Å². The summed E-state index contributed by atoms with van der Waals surface area (Å²) in [6.45, 7) is -0.273. The molecule has 0 unspecified atom stereocenters. The largest absolute Gasteiger partial charge is 0.480 e. The molecule has 114 valence electrons. The first kappa shape index (κ1) is 16.3. The van der Waals surface area contributed by atoms with Gasteiger partial charge < -0.3 is 15.3 Å². The molecule has 2 rings (SSSR count). The first-order valence-corrected chi connectivity index (χ1v) is 8.30. The fraction of sp³-hybridized carbons (Fsp3) is 0.429. The molecule has 1 saturated carbocycles. The number of carboxylic acid groups (broad SMARTS) is 1. The topological polar surface area (TPSA) is 69.6 Å². The minimum Gasteiger partial charge on any atom is -0.480 e. The summed E-state index contributed by atoms with van der Waals surface area (Å²) in [5.74, 6) is -0.994. The van der Waals surface area contributed by atoms with Gasteiger partial charge in [-0.3, -0.25) is 4.79 Å². The number of carbonyl (C=O) groups excluding carboxylic acids is 1. The molecule has 5 nitrogen and oxygen atoms in total. The zero-order chi connectivity index (χ0) is 15.4. The van der Waals surface area contributed by atoms with E-state index in [1.807, 2.05) is 12.1 Å². The molecular formula is C14H16Br2N2O3. The fourth-order valence-electron chi connectivity index (χ4n) is 2.51. The lowest BCUT2D eigenvalue weighted by atomic mass is 10.2. The third-order valence-electron chi connectivity index (χ3n) is 3.50. The Labute approximate surface area is 140 Å². The monoisotopic (exact) mass is 418 g/mol. The summed E-state index contributed by atoms with van der Waals surface area (Å²) in [7, 11) is 0. The van der Waals surface area contributed by atoms with Crippen LogP contribution >= 0.6 is 31.9 Å². The van der Waals surface area contributed by atoms with Crippen LogP contribution in [0.2, 0.25) is 0 Å². The van der Waals surface area contributed by atoms with Crippen LogP contribution in [0.1, 0.15) is 25.7 Å². The normalized spacial score (nSPS) is 15.0. The van der Waals surface area contributed by atoms with E-state index in [0.29, 0.717) is 5.69 Å². The van der Waals surface area contributed by atoms with E-state index in [0.717, 1.165) is 34.6 Å². The molecule has 0 aliphatic heterocycles. The van der Waals surface area contributed by atoms with E-state index in [2.05, 4.69) is 37.2 Å². The van der Waals surface area contributed by atoms with Crippen LogP contribution in [0.5, 0.6) is 0 Å². The Morgan fingerprint density at radius 2 is 1.95 bits per heavy atom. The first-order valence-electron chi connectivity index (χ1n) is 6.72. The molecule has 0 atom stereocenters. The summed E-state index contributed by atoms with van der Waals surface area (Å²) < 4.78 is 1.64. The van der Waals surface area contributed by atoms with Crippen LogP contribution in [-0.4, -0.2) is 34.6 Å². The van der Waals surface area contributed by atoms with Crippen LogP contribution in [0.15, 0.2) is 27.1 Å². The number of aliphatic carboxylic acids is 1. The van der Waals surface area contributed by atoms with Crippen molar-refractivity contribution in [3.63, 3.8) is 0 Å². The van der Waals surface area contributed by atoms with Crippen molar-refractivity contribution in [2.75, 3.05) is 11.9 Å². The van der Waals surface area contributed by atoms with Crippen molar-refractivity contribution < 1.29 is 14.7 Å². The highest BCUT2D eigenvalue weighted by atomic mass is 79.9. The number of hydrogen-bond acceptors (Lipinski definition) is 2. The average Bonchev–Trinajstić information content (AvgIpc) is 2.92. The molecule has 0 radical (unpaired) electrons. The molecule has 1 aliphatic rings. The Bertz CT molecular complexity index is 545. The second-order valence-corrected chi connectivity index (χ2v) is 6.78. The van der Waals surface area contributed by atoms with Crippen molar-refractivity contribution in [3.8, 4) is 0 Å². The molecule has 0 heterocycles. The highest BCUT2D eigenvalue weighted by Gasteiger charge is 2.28. The maximum atomic E-state index is 12.4. The number of carbonyl (C=O) groups is 2. The SMILES string of the molecule is O=C(O)CN(C(=O)Nc1ccc(Br)cc1Br)C1CCCC1. The van der Waals surface area contributed by atoms with Crippen LogP contribution in [0.25, 0.3) is 0 Å². The molecular weight excluding hydrogens is 404 g/mol. The number of nitrogens with one attached hydrogen (secondary N) is 1. The van der Waals surface area contributed by atoms with E-state index >= 15 is 0 Å². The van der Waals surface area contributed by atoms with Crippen LogP contribution in [0.3, 0.4) is 0 Å². The Morgan fingerprint density at radius 1 is 1.29 bits per heavy atom. The van der Waals surface area contributed by atoms with Gasteiger partial charge in [0.25, 0.3) is 0 Å². The van der Waals surface area contributed by atoms with Gasteiger partial charge in [0.2, 0.25) is 0 Å². The lowest BCUT2D eigenvalue weighted by Gasteiger charge is -2.27. The number of urea groups is 1. The molecule has 21 heavy (non-hydrogen) atoms. The molecule has 7 heteroatoms. The second kappa shape index (κ2) is 7.26. The highest BCUT2D eigenvalue weighted by molar-refractivity contribution is 9.11. The maximum absolute atomic E-state index is 12.4. The number of halogens is 2. The van der Waals surface area contributed by atoms with Gasteiger partial charge in [0, 0.05) is 15.0 Å². The molecule has 1 aromatic rings. The molecule has 2 N–H and O–H groups in total. The number of rotatable bonds is 4. The van der Waals surface area contributed by atoms with Crippen LogP contribution < -0.4 is 5.32 Å². The maximum Gasteiger partial charge on any atom is 0.323 e. The lowest BCUT2D eigenvalue weighted by Crippen LogP contribution is -2.44. The highest BCUT2D eigenvalue weighted by Crippen LogP contribution is 2.28. The van der Waals surface area contributed by atoms with Gasteiger partial charge in [0.1, 0.15) is 6.54 Å². The third kappa shape index (κ3) is 4.44. The molecule has 0 bridgehead atoms. The Morgan fingerprint density at radius 3 is 2.52 bits per heavy atom. The van der Waals surface area contributed by atoms with Crippen molar-refractivity contribution in [1.29, 1.82) is 0 Å². The van der Waals surface area contributed by atoms with E-state index in [4.69, 9.17) is 5.11 Å². The van der Waals surface area contributed by atoms with Crippen molar-refractivity contribution in [1.82, 2.24) is 4.90 Å². The van der Waals surface area contributed by atoms with Gasteiger partial charge in [-0.15, -0.1) is 0 Å². The molecule has 1 aliphatic carbocycles. The van der Waals surface area contributed by atoms with Gasteiger partial charge in [-0.2, -0.15) is 0 Å². The molecule has 1 aromatic carbocycles. The third-order valence-corrected chi connectivity index (χ3v) is 4.65. The Hall–Kier alpha value is -1.08. The number of hydrogen-bond donors (Lipinski definition) is 2. The van der Waals surface area contributed by atoms with Gasteiger partial charge in [-0.05, 0) is 47.0 Å². The van der Waals surface area contributed by atoms with Crippen molar-refractivity contribution in [2.45, 2.75) is 31.7 Å². The van der Waals surface area contributed by atoms with Crippen LogP contribution in [0, 0.1) is 0 Å². The van der Waals surface area contributed by atoms with E-state index in [1.165, 1.54) is 4.90 Å². The predicted octanol–water partition coefficient (Wildman–Crippen LogP) is 4.07. The van der Waals surface area contributed by atoms with Crippen LogP contribution in [0.4, 0.5) is 10.5 Å². The zero-order valence-electron chi connectivity index (χ0n) is 11.3. The Balaban J connectivity index is 2.11. The number of anilines is 1. The summed E-state index contributed by atoms with van der Waals surface area (Å²) in [5, 5.41) is 11.8. The summed E-state index contributed by atoms with van der Waals surface area (Å²) in [6, 6.07) is 5.05. The lowest BCUT2D eigenvalue weighted by molar-refractivity contribution is -0.138. The number of benzene rings is 1. The smallest absolute Gasteiger partial charge is 0.323 e. The summed E-state index contributed by atoms with van der Waals surface area (Å²) in [5.41, 5.74) is 0.622. The molecule has 0 aromatic heterocycles. The number of carboxylic acids is 1. The van der Waals surface area contributed by atoms with Gasteiger partial charge in [-0.1, -0.05) is 28.8 Å². The summed E-state index contributed by atoms with van der Waals surface area (Å²) >= 11 is 6.73. The molecule has 2 amide bonds. The van der Waals surface area contributed by atoms with Crippen molar-refractivity contribution in [3.05, 3.63) is 27.1 Å². The predicted molar refractivity (Wildman–Crippen MR) is 87.5 cm³/mol. The van der Waals surface area contributed by atoms with Gasteiger partial charge in [-0.25, -0.2) is 4.79 Å². The van der Waals surface area contributed by atoms with E-state index in [1.54, 1.807) is 6.07 Å². The number of nitrogens with zero attached hydrogens (tertiary/aromatic N) is 1. The van der Waals surface area contributed by atoms with Crippen LogP contribution in [-0.2, 0) is 4.79 Å². The van der Waals surface area contributed by atoms with E-state index in [-0.39, 0.29) is 18.6 Å². The molecule has 0 saturated heterocycles. The minimum atomic E-state index is -0.994. The van der Waals surface area contributed by atoms with Gasteiger partial charge >= 0.3 is 12.0 Å². The molecule has 0 spiro atoms.